The van der Waals surface area contributed by atoms with Gasteiger partial charge in [0.05, 0.1) is 18.8 Å². The van der Waals surface area contributed by atoms with Crippen LogP contribution < -0.4 is 5.56 Å². The van der Waals surface area contributed by atoms with Crippen LogP contribution in [0, 0.1) is 0 Å². The standard InChI is InChI=1S/C20H30N6O2/c1-20(2,3)16-6-7-18(27)26(22-16)13-12-24-8-10-25(11-9-24)14-17-21-19(28-23-17)15-4-5-15/h6-7,15H,4-5,8-14H2,1-3H3. The van der Waals surface area contributed by atoms with Crippen LogP contribution in [0.1, 0.15) is 56.9 Å². The molecule has 0 aromatic carbocycles. The molecular weight excluding hydrogens is 356 g/mol. The van der Waals surface area contributed by atoms with Gasteiger partial charge in [0.15, 0.2) is 5.82 Å². The third kappa shape index (κ3) is 4.67. The Morgan fingerprint density at radius 2 is 1.79 bits per heavy atom. The van der Waals surface area contributed by atoms with Crippen molar-refractivity contribution in [1.29, 1.82) is 0 Å². The number of hydrogen-bond acceptors (Lipinski definition) is 7. The molecule has 8 nitrogen and oxygen atoms in total. The molecule has 0 spiro atoms. The van der Waals surface area contributed by atoms with Crippen LogP contribution in [-0.4, -0.2) is 62.4 Å². The van der Waals surface area contributed by atoms with Gasteiger partial charge in [-0.15, -0.1) is 0 Å². The second-order valence-corrected chi connectivity index (χ2v) is 8.97. The Morgan fingerprint density at radius 3 is 2.46 bits per heavy atom. The highest BCUT2D eigenvalue weighted by Crippen LogP contribution is 2.38. The van der Waals surface area contributed by atoms with Gasteiger partial charge in [-0.1, -0.05) is 25.9 Å². The summed E-state index contributed by atoms with van der Waals surface area (Å²) >= 11 is 0. The summed E-state index contributed by atoms with van der Waals surface area (Å²) in [6.45, 7) is 12.4. The van der Waals surface area contributed by atoms with Crippen molar-refractivity contribution in [2.45, 2.75) is 58.0 Å². The van der Waals surface area contributed by atoms with E-state index in [-0.39, 0.29) is 11.0 Å². The number of hydrogen-bond donors (Lipinski definition) is 0. The Bertz CT molecular complexity index is 856. The highest BCUT2D eigenvalue weighted by atomic mass is 16.5. The molecule has 0 unspecified atom stereocenters. The van der Waals surface area contributed by atoms with E-state index >= 15 is 0 Å². The van der Waals surface area contributed by atoms with Crippen molar-refractivity contribution in [1.82, 2.24) is 29.7 Å². The maximum atomic E-state index is 12.1. The van der Waals surface area contributed by atoms with Gasteiger partial charge in [0.2, 0.25) is 5.89 Å². The lowest BCUT2D eigenvalue weighted by Gasteiger charge is -2.34. The first-order valence-electron chi connectivity index (χ1n) is 10.2. The Hall–Kier alpha value is -2.06. The molecule has 1 aliphatic carbocycles. The van der Waals surface area contributed by atoms with Crippen molar-refractivity contribution in [3.63, 3.8) is 0 Å². The van der Waals surface area contributed by atoms with E-state index < -0.39 is 0 Å². The molecule has 4 rings (SSSR count). The molecule has 1 aliphatic heterocycles. The van der Waals surface area contributed by atoms with E-state index in [2.05, 4.69) is 45.8 Å². The van der Waals surface area contributed by atoms with Crippen LogP contribution >= 0.6 is 0 Å². The first-order valence-corrected chi connectivity index (χ1v) is 10.2. The predicted octanol–water partition coefficient (Wildman–Crippen LogP) is 1.62. The Labute approximate surface area is 165 Å². The quantitative estimate of drug-likeness (QED) is 0.746. The molecule has 0 atom stereocenters. The fourth-order valence-corrected chi connectivity index (χ4v) is 3.44. The molecular formula is C20H30N6O2. The molecule has 8 heteroatoms. The molecule has 0 bridgehead atoms. The van der Waals surface area contributed by atoms with Crippen LogP contribution in [0.5, 0.6) is 0 Å². The van der Waals surface area contributed by atoms with Gasteiger partial charge < -0.3 is 4.52 Å². The maximum Gasteiger partial charge on any atom is 0.266 e. The van der Waals surface area contributed by atoms with Crippen molar-refractivity contribution in [3.05, 3.63) is 39.9 Å². The highest BCUT2D eigenvalue weighted by Gasteiger charge is 2.30. The first-order chi connectivity index (χ1) is 13.4. The average molecular weight is 387 g/mol. The smallest absolute Gasteiger partial charge is 0.266 e. The summed E-state index contributed by atoms with van der Waals surface area (Å²) in [4.78, 5) is 21.4. The second kappa shape index (κ2) is 7.75. The summed E-state index contributed by atoms with van der Waals surface area (Å²) in [5, 5.41) is 8.68. The molecule has 2 fully saturated rings. The van der Waals surface area contributed by atoms with E-state index in [1.807, 2.05) is 6.07 Å². The van der Waals surface area contributed by atoms with Crippen molar-refractivity contribution in [3.8, 4) is 0 Å². The fraction of sp³-hybridized carbons (Fsp3) is 0.700. The minimum absolute atomic E-state index is 0.0322. The summed E-state index contributed by atoms with van der Waals surface area (Å²) in [7, 11) is 0. The lowest BCUT2D eigenvalue weighted by Crippen LogP contribution is -2.47. The van der Waals surface area contributed by atoms with Gasteiger partial charge in [-0.25, -0.2) is 4.68 Å². The van der Waals surface area contributed by atoms with Crippen molar-refractivity contribution >= 4 is 0 Å². The van der Waals surface area contributed by atoms with Crippen LogP contribution in [0.15, 0.2) is 21.5 Å². The first kappa shape index (κ1) is 19.3. The third-order valence-electron chi connectivity index (χ3n) is 5.50. The summed E-state index contributed by atoms with van der Waals surface area (Å²) in [5.74, 6) is 2.11. The van der Waals surface area contributed by atoms with E-state index in [4.69, 9.17) is 4.52 Å². The van der Waals surface area contributed by atoms with E-state index in [0.717, 1.165) is 56.7 Å². The second-order valence-electron chi connectivity index (χ2n) is 8.97. The molecule has 2 aromatic heterocycles. The minimum Gasteiger partial charge on any atom is -0.339 e. The largest absolute Gasteiger partial charge is 0.339 e. The van der Waals surface area contributed by atoms with Crippen LogP contribution in [0.3, 0.4) is 0 Å². The molecule has 28 heavy (non-hydrogen) atoms. The Balaban J connectivity index is 1.26. The predicted molar refractivity (Wildman–Crippen MR) is 105 cm³/mol. The zero-order valence-corrected chi connectivity index (χ0v) is 17.1. The summed E-state index contributed by atoms with van der Waals surface area (Å²) in [6, 6.07) is 3.47. The van der Waals surface area contributed by atoms with Crippen LogP contribution in [0.2, 0.25) is 0 Å². The van der Waals surface area contributed by atoms with Gasteiger partial charge in [0.25, 0.3) is 5.56 Å². The summed E-state index contributed by atoms with van der Waals surface area (Å²) in [6.07, 6.45) is 2.35. The molecule has 1 saturated carbocycles. The van der Waals surface area contributed by atoms with Gasteiger partial charge >= 0.3 is 0 Å². The van der Waals surface area contributed by atoms with E-state index in [1.165, 1.54) is 12.8 Å². The van der Waals surface area contributed by atoms with E-state index in [0.29, 0.717) is 12.5 Å². The molecule has 0 N–H and O–H groups in total. The molecule has 152 valence electrons. The minimum atomic E-state index is -0.0599. The fourth-order valence-electron chi connectivity index (χ4n) is 3.44. The highest BCUT2D eigenvalue weighted by molar-refractivity contribution is 5.10. The van der Waals surface area contributed by atoms with Gasteiger partial charge in [0, 0.05) is 50.1 Å². The third-order valence-corrected chi connectivity index (χ3v) is 5.50. The van der Waals surface area contributed by atoms with Crippen LogP contribution in [-0.2, 0) is 18.5 Å². The van der Waals surface area contributed by atoms with Crippen molar-refractivity contribution in [2.24, 2.45) is 0 Å². The number of rotatable bonds is 6. The number of aromatic nitrogens is 4. The Kier molecular flexibility index (Phi) is 5.33. The molecule has 0 amide bonds. The number of nitrogens with zero attached hydrogens (tertiary/aromatic N) is 6. The average Bonchev–Trinajstić information content (AvgIpc) is 3.41. The normalized spacial score (nSPS) is 19.2. The van der Waals surface area contributed by atoms with Gasteiger partial charge in [-0.3, -0.25) is 14.6 Å². The van der Waals surface area contributed by atoms with Crippen LogP contribution in [0.25, 0.3) is 0 Å². The van der Waals surface area contributed by atoms with E-state index in [9.17, 15) is 4.79 Å². The van der Waals surface area contributed by atoms with Gasteiger partial charge in [0.1, 0.15) is 0 Å². The monoisotopic (exact) mass is 386 g/mol. The molecule has 3 heterocycles. The molecule has 0 radical (unpaired) electrons. The van der Waals surface area contributed by atoms with Crippen LogP contribution in [0.4, 0.5) is 0 Å². The zero-order valence-electron chi connectivity index (χ0n) is 17.1. The van der Waals surface area contributed by atoms with E-state index in [1.54, 1.807) is 10.7 Å². The van der Waals surface area contributed by atoms with Gasteiger partial charge in [-0.05, 0) is 18.9 Å². The number of piperazine rings is 1. The molecule has 1 saturated heterocycles. The Morgan fingerprint density at radius 1 is 1.07 bits per heavy atom. The van der Waals surface area contributed by atoms with Crippen molar-refractivity contribution in [2.75, 3.05) is 32.7 Å². The zero-order chi connectivity index (χ0) is 19.7. The maximum absolute atomic E-state index is 12.1. The molecule has 2 aromatic rings. The summed E-state index contributed by atoms with van der Waals surface area (Å²) < 4.78 is 6.95. The van der Waals surface area contributed by atoms with Crippen molar-refractivity contribution < 1.29 is 4.52 Å². The lowest BCUT2D eigenvalue weighted by molar-refractivity contribution is 0.119. The molecule has 2 aliphatic rings. The SMILES string of the molecule is CC(C)(C)c1ccc(=O)n(CCN2CCN(Cc3noc(C4CC4)n3)CC2)n1. The topological polar surface area (TPSA) is 80.3 Å². The summed E-state index contributed by atoms with van der Waals surface area (Å²) in [5.41, 5.74) is 0.855. The lowest BCUT2D eigenvalue weighted by atomic mass is 9.92. The van der Waals surface area contributed by atoms with Gasteiger partial charge in [-0.2, -0.15) is 10.1 Å².